The molecule has 0 radical (unpaired) electrons. The molecule has 21 heavy (non-hydrogen) atoms. The molecular weight excluding hydrogens is 284 g/mol. The average molecular weight is 301 g/mol. The van der Waals surface area contributed by atoms with Gasteiger partial charge in [-0.1, -0.05) is 23.7 Å². The van der Waals surface area contributed by atoms with Crippen molar-refractivity contribution >= 4 is 28.5 Å². The van der Waals surface area contributed by atoms with Gasteiger partial charge in [0.1, 0.15) is 11.6 Å². The van der Waals surface area contributed by atoms with Crippen LogP contribution in [0.3, 0.4) is 0 Å². The molecule has 0 bridgehead atoms. The molecule has 0 amide bonds. The Hall–Kier alpha value is -2.07. The lowest BCUT2D eigenvalue weighted by Crippen LogP contribution is -2.07. The van der Waals surface area contributed by atoms with Gasteiger partial charge in [0, 0.05) is 6.54 Å². The summed E-state index contributed by atoms with van der Waals surface area (Å²) in [6.07, 6.45) is 0. The summed E-state index contributed by atoms with van der Waals surface area (Å²) in [6.45, 7) is 5.50. The van der Waals surface area contributed by atoms with Crippen molar-refractivity contribution in [3.8, 4) is 0 Å². The molecule has 0 spiro atoms. The first-order valence-corrected chi connectivity index (χ1v) is 7.38. The van der Waals surface area contributed by atoms with E-state index in [4.69, 9.17) is 11.6 Å². The maximum Gasteiger partial charge on any atom is 0.126 e. The number of halogens is 1. The highest BCUT2D eigenvalue weighted by Crippen LogP contribution is 2.21. The number of nitrogens with zero attached hydrogens (tertiary/aromatic N) is 3. The van der Waals surface area contributed by atoms with Crippen LogP contribution in [0, 0.1) is 6.92 Å². The molecule has 2 aromatic heterocycles. The second kappa shape index (κ2) is 5.74. The summed E-state index contributed by atoms with van der Waals surface area (Å²) in [5.41, 5.74) is 2.94. The van der Waals surface area contributed by atoms with Gasteiger partial charge in [-0.25, -0.2) is 9.97 Å². The Morgan fingerprint density at radius 1 is 1.14 bits per heavy atom. The maximum absolute atomic E-state index is 6.29. The van der Waals surface area contributed by atoms with Crippen molar-refractivity contribution < 1.29 is 0 Å². The highest BCUT2D eigenvalue weighted by Gasteiger charge is 2.10. The molecule has 0 atom stereocenters. The van der Waals surface area contributed by atoms with E-state index in [0.29, 0.717) is 11.6 Å². The van der Waals surface area contributed by atoms with Gasteiger partial charge in [0.15, 0.2) is 0 Å². The zero-order valence-electron chi connectivity index (χ0n) is 12.1. The van der Waals surface area contributed by atoms with Gasteiger partial charge in [-0.05, 0) is 38.1 Å². The Bertz CT molecular complexity index is 779. The lowest BCUT2D eigenvalue weighted by atomic mass is 10.3. The van der Waals surface area contributed by atoms with E-state index in [1.807, 2.05) is 44.2 Å². The number of rotatable bonds is 4. The lowest BCUT2D eigenvalue weighted by molar-refractivity contribution is 0.765. The molecule has 3 rings (SSSR count). The molecule has 5 heteroatoms. The molecule has 0 aliphatic rings. The van der Waals surface area contributed by atoms with Crippen LogP contribution in [0.4, 0.5) is 5.82 Å². The number of hydrogen-bond acceptors (Lipinski definition) is 3. The Morgan fingerprint density at radius 3 is 2.76 bits per heavy atom. The van der Waals surface area contributed by atoms with Crippen LogP contribution in [0.15, 0.2) is 36.4 Å². The second-order valence-electron chi connectivity index (χ2n) is 4.89. The summed E-state index contributed by atoms with van der Waals surface area (Å²) in [7, 11) is 0. The van der Waals surface area contributed by atoms with Crippen LogP contribution in [-0.4, -0.2) is 21.1 Å². The third-order valence-corrected chi connectivity index (χ3v) is 3.77. The highest BCUT2D eigenvalue weighted by atomic mass is 35.5. The van der Waals surface area contributed by atoms with Gasteiger partial charge in [-0.2, -0.15) is 0 Å². The fourth-order valence-corrected chi connectivity index (χ4v) is 2.59. The van der Waals surface area contributed by atoms with Crippen molar-refractivity contribution in [3.05, 3.63) is 52.9 Å². The number of fused-ring (bicyclic) bond motifs is 1. The molecular formula is C16H17ClN4. The largest absolute Gasteiger partial charge is 0.370 e. The molecule has 0 unspecified atom stereocenters. The maximum atomic E-state index is 6.29. The Balaban J connectivity index is 2.02. The molecule has 2 heterocycles. The van der Waals surface area contributed by atoms with Gasteiger partial charge in [-0.15, -0.1) is 0 Å². The normalized spacial score (nSPS) is 11.0. The lowest BCUT2D eigenvalue weighted by Gasteiger charge is -2.10. The molecule has 3 aromatic rings. The number of benzene rings is 1. The first kappa shape index (κ1) is 13.9. The van der Waals surface area contributed by atoms with E-state index < -0.39 is 0 Å². The van der Waals surface area contributed by atoms with Crippen molar-refractivity contribution in [2.75, 3.05) is 11.9 Å². The number of para-hydroxylation sites is 2. The van der Waals surface area contributed by atoms with Gasteiger partial charge >= 0.3 is 0 Å². The SMILES string of the molecule is CCNc1ccc(Cl)c(Cn2c(C)nc3ccccc32)n1. The van der Waals surface area contributed by atoms with E-state index in [0.717, 1.165) is 34.9 Å². The average Bonchev–Trinajstić information content (AvgIpc) is 2.79. The first-order chi connectivity index (χ1) is 10.2. The third kappa shape index (κ3) is 2.72. The molecule has 4 nitrogen and oxygen atoms in total. The number of imidazole rings is 1. The highest BCUT2D eigenvalue weighted by molar-refractivity contribution is 6.31. The number of nitrogens with one attached hydrogen (secondary N) is 1. The minimum Gasteiger partial charge on any atom is -0.370 e. The molecule has 0 saturated heterocycles. The van der Waals surface area contributed by atoms with Crippen LogP contribution >= 0.6 is 11.6 Å². The van der Waals surface area contributed by atoms with Crippen LogP contribution in [0.1, 0.15) is 18.4 Å². The molecule has 0 saturated carbocycles. The number of pyridine rings is 1. The minimum absolute atomic E-state index is 0.615. The van der Waals surface area contributed by atoms with E-state index >= 15 is 0 Å². The van der Waals surface area contributed by atoms with Gasteiger partial charge < -0.3 is 9.88 Å². The zero-order valence-corrected chi connectivity index (χ0v) is 12.9. The van der Waals surface area contributed by atoms with Crippen molar-refractivity contribution in [1.82, 2.24) is 14.5 Å². The Labute approximate surface area is 128 Å². The van der Waals surface area contributed by atoms with Crippen molar-refractivity contribution in [2.24, 2.45) is 0 Å². The van der Waals surface area contributed by atoms with E-state index in [-0.39, 0.29) is 0 Å². The van der Waals surface area contributed by atoms with E-state index in [1.165, 1.54) is 0 Å². The molecule has 1 N–H and O–H groups in total. The summed E-state index contributed by atoms with van der Waals surface area (Å²) in [6, 6.07) is 11.9. The standard InChI is InChI=1S/C16H17ClN4/c1-3-18-16-9-8-12(17)14(20-16)10-21-11(2)19-13-6-4-5-7-15(13)21/h4-9H,3,10H2,1-2H3,(H,18,20). The van der Waals surface area contributed by atoms with E-state index in [1.54, 1.807) is 0 Å². The summed E-state index contributed by atoms with van der Waals surface area (Å²) in [5, 5.41) is 3.89. The summed E-state index contributed by atoms with van der Waals surface area (Å²) < 4.78 is 2.14. The van der Waals surface area contributed by atoms with Crippen LogP contribution < -0.4 is 5.32 Å². The molecule has 0 aliphatic carbocycles. The fraction of sp³-hybridized carbons (Fsp3) is 0.250. The Morgan fingerprint density at radius 2 is 1.95 bits per heavy atom. The van der Waals surface area contributed by atoms with Gasteiger partial charge in [-0.3, -0.25) is 0 Å². The minimum atomic E-state index is 0.615. The van der Waals surface area contributed by atoms with Gasteiger partial charge in [0.05, 0.1) is 28.3 Å². The van der Waals surface area contributed by atoms with Crippen LogP contribution in [-0.2, 0) is 6.54 Å². The topological polar surface area (TPSA) is 42.7 Å². The van der Waals surface area contributed by atoms with Crippen LogP contribution in [0.5, 0.6) is 0 Å². The monoisotopic (exact) mass is 300 g/mol. The fourth-order valence-electron chi connectivity index (χ4n) is 2.42. The summed E-state index contributed by atoms with van der Waals surface area (Å²) in [4.78, 5) is 9.17. The van der Waals surface area contributed by atoms with Crippen LogP contribution in [0.25, 0.3) is 11.0 Å². The second-order valence-corrected chi connectivity index (χ2v) is 5.30. The molecule has 0 fully saturated rings. The van der Waals surface area contributed by atoms with Gasteiger partial charge in [0.2, 0.25) is 0 Å². The number of aromatic nitrogens is 3. The number of anilines is 1. The number of hydrogen-bond donors (Lipinski definition) is 1. The third-order valence-electron chi connectivity index (χ3n) is 3.43. The quantitative estimate of drug-likeness (QED) is 0.795. The molecule has 108 valence electrons. The van der Waals surface area contributed by atoms with E-state index in [9.17, 15) is 0 Å². The summed E-state index contributed by atoms with van der Waals surface area (Å²) >= 11 is 6.29. The molecule has 0 aliphatic heterocycles. The zero-order chi connectivity index (χ0) is 14.8. The van der Waals surface area contributed by atoms with Crippen LogP contribution in [0.2, 0.25) is 5.02 Å². The van der Waals surface area contributed by atoms with Gasteiger partial charge in [0.25, 0.3) is 0 Å². The van der Waals surface area contributed by atoms with Crippen molar-refractivity contribution in [3.63, 3.8) is 0 Å². The predicted molar refractivity (Wildman–Crippen MR) is 87.0 cm³/mol. The van der Waals surface area contributed by atoms with Crippen molar-refractivity contribution in [1.29, 1.82) is 0 Å². The summed E-state index contributed by atoms with van der Waals surface area (Å²) in [5.74, 6) is 1.81. The van der Waals surface area contributed by atoms with E-state index in [2.05, 4.69) is 25.9 Å². The van der Waals surface area contributed by atoms with Crippen molar-refractivity contribution in [2.45, 2.75) is 20.4 Å². The predicted octanol–water partition coefficient (Wildman–Crippen LogP) is 3.87. The first-order valence-electron chi connectivity index (χ1n) is 7.00. The smallest absolute Gasteiger partial charge is 0.126 e. The molecule has 1 aromatic carbocycles. The Kier molecular flexibility index (Phi) is 3.80. The number of aryl methyl sites for hydroxylation is 1.